The smallest absolute Gasteiger partial charge is 0.282 e. The molecule has 0 saturated carbocycles. The molecule has 1 aliphatic heterocycles. The summed E-state index contributed by atoms with van der Waals surface area (Å²) in [6.07, 6.45) is 0. The molecule has 1 heterocycles. The number of quaternary nitrogens is 1. The van der Waals surface area contributed by atoms with Crippen molar-refractivity contribution in [2.45, 2.75) is 31.7 Å². The largest absolute Gasteiger partial charge is 0.323 e. The van der Waals surface area contributed by atoms with Gasteiger partial charge in [0.2, 0.25) is 10.0 Å². The van der Waals surface area contributed by atoms with Gasteiger partial charge in [0, 0.05) is 5.69 Å². The van der Waals surface area contributed by atoms with Crippen molar-refractivity contribution in [3.63, 3.8) is 0 Å². The third-order valence-corrected chi connectivity index (χ3v) is 7.37. The number of hydrogen-bond acceptors (Lipinski definition) is 3. The number of hydrogen-bond donors (Lipinski definition) is 2. The first kappa shape index (κ1) is 21.4. The summed E-state index contributed by atoms with van der Waals surface area (Å²) in [7, 11) is -3.65. The molecule has 1 fully saturated rings. The van der Waals surface area contributed by atoms with Crippen LogP contribution in [0.1, 0.15) is 18.1 Å². The third-order valence-electron chi connectivity index (χ3n) is 5.46. The molecule has 0 bridgehead atoms. The van der Waals surface area contributed by atoms with Crippen LogP contribution in [0.3, 0.4) is 0 Å². The standard InChI is InChI=1S/C21H26FN3O3S/c1-15-4-9-20(16(2)14-15)23-21(26)17(3)24-10-12-25(13-11-24)29(27,28)19-7-5-18(22)6-8-19/h4-9,14,17H,10-13H2,1-3H3,(H,23,26)/p+1/t17-/m1/s1. The number of halogens is 1. The van der Waals surface area contributed by atoms with Gasteiger partial charge >= 0.3 is 0 Å². The van der Waals surface area contributed by atoms with Crippen LogP contribution in [0.2, 0.25) is 0 Å². The predicted molar refractivity (Wildman–Crippen MR) is 110 cm³/mol. The highest BCUT2D eigenvalue weighted by Crippen LogP contribution is 2.17. The number of nitrogens with zero attached hydrogens (tertiary/aromatic N) is 1. The van der Waals surface area contributed by atoms with E-state index in [4.69, 9.17) is 0 Å². The van der Waals surface area contributed by atoms with Crippen molar-refractivity contribution in [3.05, 3.63) is 59.4 Å². The SMILES string of the molecule is Cc1ccc(NC(=O)[C@@H](C)[NH+]2CCN(S(=O)(=O)c3ccc(F)cc3)CC2)c(C)c1. The van der Waals surface area contributed by atoms with Gasteiger partial charge in [-0.25, -0.2) is 12.8 Å². The zero-order valence-corrected chi connectivity index (χ0v) is 17.7. The van der Waals surface area contributed by atoms with Crippen LogP contribution in [0.25, 0.3) is 0 Å². The molecular weight excluding hydrogens is 393 g/mol. The molecule has 3 rings (SSSR count). The van der Waals surface area contributed by atoms with Crippen molar-refractivity contribution < 1.29 is 22.5 Å². The number of rotatable bonds is 5. The maximum Gasteiger partial charge on any atom is 0.282 e. The Labute approximate surface area is 171 Å². The molecule has 1 amide bonds. The molecular formula is C21H27FN3O3S+. The Kier molecular flexibility index (Phi) is 6.36. The Hall–Kier alpha value is -2.29. The fourth-order valence-electron chi connectivity index (χ4n) is 3.58. The Balaban J connectivity index is 1.60. The molecule has 2 N–H and O–H groups in total. The van der Waals surface area contributed by atoms with Crippen LogP contribution in [-0.2, 0) is 14.8 Å². The molecule has 8 heteroatoms. The lowest BCUT2D eigenvalue weighted by molar-refractivity contribution is -0.917. The van der Waals surface area contributed by atoms with Crippen LogP contribution in [0.4, 0.5) is 10.1 Å². The second-order valence-electron chi connectivity index (χ2n) is 7.55. The van der Waals surface area contributed by atoms with Crippen molar-refractivity contribution in [1.82, 2.24) is 4.31 Å². The van der Waals surface area contributed by atoms with Gasteiger partial charge in [-0.05, 0) is 56.7 Å². The van der Waals surface area contributed by atoms with Crippen LogP contribution < -0.4 is 10.2 Å². The molecule has 0 aromatic heterocycles. The number of carbonyl (C=O) groups is 1. The van der Waals surface area contributed by atoms with E-state index in [2.05, 4.69) is 5.32 Å². The summed E-state index contributed by atoms with van der Waals surface area (Å²) in [6, 6.07) is 10.4. The van der Waals surface area contributed by atoms with Crippen LogP contribution in [0.5, 0.6) is 0 Å². The Morgan fingerprint density at radius 1 is 1.10 bits per heavy atom. The number of sulfonamides is 1. The lowest BCUT2D eigenvalue weighted by atomic mass is 10.1. The third kappa shape index (κ3) is 4.83. The number of carbonyl (C=O) groups excluding carboxylic acids is 1. The summed E-state index contributed by atoms with van der Waals surface area (Å²) < 4.78 is 39.9. The minimum absolute atomic E-state index is 0.0817. The van der Waals surface area contributed by atoms with Crippen LogP contribution >= 0.6 is 0 Å². The fraction of sp³-hybridized carbons (Fsp3) is 0.381. The topological polar surface area (TPSA) is 70.9 Å². The zero-order chi connectivity index (χ0) is 21.2. The summed E-state index contributed by atoms with van der Waals surface area (Å²) in [5, 5.41) is 2.98. The van der Waals surface area contributed by atoms with E-state index in [1.165, 1.54) is 16.4 Å². The van der Waals surface area contributed by atoms with E-state index in [0.29, 0.717) is 26.2 Å². The maximum atomic E-state index is 13.1. The molecule has 6 nitrogen and oxygen atoms in total. The molecule has 1 saturated heterocycles. The number of anilines is 1. The number of nitrogens with one attached hydrogen (secondary N) is 2. The molecule has 29 heavy (non-hydrogen) atoms. The van der Waals surface area contributed by atoms with Gasteiger partial charge in [-0.3, -0.25) is 4.79 Å². The molecule has 156 valence electrons. The summed E-state index contributed by atoms with van der Waals surface area (Å²) in [6.45, 7) is 7.51. The van der Waals surface area contributed by atoms with Crippen molar-refractivity contribution in [2.24, 2.45) is 0 Å². The molecule has 2 aromatic rings. The van der Waals surface area contributed by atoms with Crippen molar-refractivity contribution in [3.8, 4) is 0 Å². The summed E-state index contributed by atoms with van der Waals surface area (Å²) in [4.78, 5) is 13.8. The van der Waals surface area contributed by atoms with Gasteiger partial charge in [-0.15, -0.1) is 0 Å². The molecule has 0 radical (unpaired) electrons. The average Bonchev–Trinajstić information content (AvgIpc) is 2.70. The molecule has 0 aliphatic carbocycles. The van der Waals surface area contributed by atoms with E-state index in [-0.39, 0.29) is 16.8 Å². The lowest BCUT2D eigenvalue weighted by Gasteiger charge is -2.34. The summed E-state index contributed by atoms with van der Waals surface area (Å²) in [5.41, 5.74) is 2.94. The molecule has 1 atom stereocenters. The number of aryl methyl sites for hydroxylation is 2. The van der Waals surface area contributed by atoms with Crippen molar-refractivity contribution in [1.29, 1.82) is 0 Å². The number of amides is 1. The van der Waals surface area contributed by atoms with Crippen LogP contribution in [0.15, 0.2) is 47.4 Å². The van der Waals surface area contributed by atoms with Gasteiger partial charge in [0.15, 0.2) is 6.04 Å². The molecule has 2 aromatic carbocycles. The highest BCUT2D eigenvalue weighted by molar-refractivity contribution is 7.89. The average molecular weight is 421 g/mol. The van der Waals surface area contributed by atoms with E-state index in [0.717, 1.165) is 33.8 Å². The van der Waals surface area contributed by atoms with Crippen LogP contribution in [-0.4, -0.2) is 50.9 Å². The van der Waals surface area contributed by atoms with Crippen molar-refractivity contribution in [2.75, 3.05) is 31.5 Å². The highest BCUT2D eigenvalue weighted by atomic mass is 32.2. The monoisotopic (exact) mass is 420 g/mol. The van der Waals surface area contributed by atoms with E-state index in [9.17, 15) is 17.6 Å². The first-order chi connectivity index (χ1) is 13.7. The molecule has 0 spiro atoms. The van der Waals surface area contributed by atoms with Gasteiger partial charge in [-0.1, -0.05) is 17.7 Å². The van der Waals surface area contributed by atoms with Gasteiger partial charge < -0.3 is 10.2 Å². The normalized spacial score (nSPS) is 17.1. The van der Waals surface area contributed by atoms with E-state index < -0.39 is 15.8 Å². The molecule has 1 aliphatic rings. The minimum atomic E-state index is -3.65. The summed E-state index contributed by atoms with van der Waals surface area (Å²) in [5.74, 6) is -0.552. The van der Waals surface area contributed by atoms with E-state index in [1.54, 1.807) is 0 Å². The van der Waals surface area contributed by atoms with Gasteiger partial charge in [0.05, 0.1) is 31.1 Å². The maximum absolute atomic E-state index is 13.1. The Morgan fingerprint density at radius 2 is 1.72 bits per heavy atom. The molecule has 0 unspecified atom stereocenters. The zero-order valence-electron chi connectivity index (χ0n) is 16.9. The lowest BCUT2D eigenvalue weighted by Crippen LogP contribution is -3.19. The summed E-state index contributed by atoms with van der Waals surface area (Å²) >= 11 is 0. The second-order valence-corrected chi connectivity index (χ2v) is 9.48. The first-order valence-corrected chi connectivity index (χ1v) is 11.1. The highest BCUT2D eigenvalue weighted by Gasteiger charge is 2.34. The fourth-order valence-corrected chi connectivity index (χ4v) is 5.02. The first-order valence-electron chi connectivity index (χ1n) is 9.67. The van der Waals surface area contributed by atoms with E-state index >= 15 is 0 Å². The predicted octanol–water partition coefficient (Wildman–Crippen LogP) is 1.36. The van der Waals surface area contributed by atoms with Gasteiger partial charge in [0.1, 0.15) is 5.82 Å². The van der Waals surface area contributed by atoms with Gasteiger partial charge in [-0.2, -0.15) is 4.31 Å². The quantitative estimate of drug-likeness (QED) is 0.767. The Morgan fingerprint density at radius 3 is 2.31 bits per heavy atom. The van der Waals surface area contributed by atoms with Gasteiger partial charge in [0.25, 0.3) is 5.91 Å². The Bertz CT molecular complexity index is 985. The van der Waals surface area contributed by atoms with E-state index in [1.807, 2.05) is 39.0 Å². The number of piperazine rings is 1. The number of benzene rings is 2. The second kappa shape index (κ2) is 8.61. The van der Waals surface area contributed by atoms with Crippen molar-refractivity contribution >= 4 is 21.6 Å². The van der Waals surface area contributed by atoms with Crippen LogP contribution in [0, 0.1) is 19.7 Å². The minimum Gasteiger partial charge on any atom is -0.323 e.